The number of carbonyl (C=O) groups is 1. The van der Waals surface area contributed by atoms with Crippen LogP contribution in [0.4, 0.5) is 4.79 Å². The summed E-state index contributed by atoms with van der Waals surface area (Å²) in [7, 11) is 0. The zero-order chi connectivity index (χ0) is 8.55. The van der Waals surface area contributed by atoms with Crippen LogP contribution in [0.2, 0.25) is 0 Å². The van der Waals surface area contributed by atoms with Gasteiger partial charge in [-0.25, -0.2) is 4.79 Å². The van der Waals surface area contributed by atoms with E-state index in [-0.39, 0.29) is 37.2 Å². The van der Waals surface area contributed by atoms with Crippen molar-refractivity contribution < 1.29 is 4.79 Å². The number of primary amides is 1. The third kappa shape index (κ3) is 2.99. The number of amides is 1. The van der Waals surface area contributed by atoms with Crippen molar-refractivity contribution >= 4 is 54.2 Å². The van der Waals surface area contributed by atoms with Gasteiger partial charge in [-0.1, -0.05) is 18.2 Å². The predicted molar refractivity (Wildman–Crippen MR) is 66.5 cm³/mol. The lowest BCUT2D eigenvalue weighted by Gasteiger charge is -1.94. The number of halogens is 3. The third-order valence-electron chi connectivity index (χ3n) is 1.69. The van der Waals surface area contributed by atoms with Crippen LogP contribution in [-0.4, -0.2) is 15.8 Å². The van der Waals surface area contributed by atoms with Gasteiger partial charge in [0.15, 0.2) is 0 Å². The maximum absolute atomic E-state index is 10.8. The minimum Gasteiger partial charge on any atom is -0.350 e. The molecule has 0 unspecified atom stereocenters. The molecule has 0 fully saturated rings. The summed E-state index contributed by atoms with van der Waals surface area (Å²) >= 11 is 0. The molecule has 0 atom stereocenters. The molecule has 7 heteroatoms. The summed E-state index contributed by atoms with van der Waals surface area (Å²) < 4.78 is 1.18. The highest BCUT2D eigenvalue weighted by Gasteiger charge is 2.04. The lowest BCUT2D eigenvalue weighted by molar-refractivity contribution is 0.248. The largest absolute Gasteiger partial charge is 0.350 e. The second-order valence-corrected chi connectivity index (χ2v) is 2.45. The fourth-order valence-electron chi connectivity index (χ4n) is 1.15. The highest BCUT2D eigenvalue weighted by atomic mass is 35.5. The number of hydrogen-bond acceptors (Lipinski definition) is 2. The summed E-state index contributed by atoms with van der Waals surface area (Å²) in [6.45, 7) is 0. The molecule has 0 bridgehead atoms. The summed E-state index contributed by atoms with van der Waals surface area (Å²) in [4.78, 5) is 10.8. The van der Waals surface area contributed by atoms with Gasteiger partial charge in [-0.05, 0) is 6.07 Å². The van der Waals surface area contributed by atoms with Crippen molar-refractivity contribution in [3.8, 4) is 0 Å². The van der Waals surface area contributed by atoms with E-state index in [2.05, 4.69) is 5.10 Å². The Bertz CT molecular complexity index is 443. The first-order valence-electron chi connectivity index (χ1n) is 3.51. The van der Waals surface area contributed by atoms with Gasteiger partial charge in [0.25, 0.3) is 0 Å². The fourth-order valence-corrected chi connectivity index (χ4v) is 1.15. The Morgan fingerprint density at radius 1 is 1.20 bits per heavy atom. The summed E-state index contributed by atoms with van der Waals surface area (Å²) in [5.74, 6) is 0. The number of para-hydroxylation sites is 1. The van der Waals surface area contributed by atoms with E-state index in [1.54, 1.807) is 12.3 Å². The quantitative estimate of drug-likeness (QED) is 0.798. The van der Waals surface area contributed by atoms with Crippen LogP contribution in [0.15, 0.2) is 30.5 Å². The monoisotopic (exact) mass is 269 g/mol. The molecule has 0 aliphatic rings. The number of rotatable bonds is 0. The Kier molecular flexibility index (Phi) is 7.13. The minimum absolute atomic E-state index is 0. The molecule has 0 aliphatic carbocycles. The highest BCUT2D eigenvalue weighted by molar-refractivity contribution is 5.88. The normalized spacial score (nSPS) is 8.27. The molecule has 2 rings (SSSR count). The van der Waals surface area contributed by atoms with Gasteiger partial charge in [0.1, 0.15) is 0 Å². The molecular weight excluding hydrogens is 260 g/mol. The first kappa shape index (κ1) is 16.5. The number of fused-ring (bicyclic) bond motifs is 1. The molecule has 0 aliphatic heterocycles. The number of benzene rings is 1. The minimum atomic E-state index is -0.559. The van der Waals surface area contributed by atoms with Crippen molar-refractivity contribution in [1.29, 1.82) is 0 Å². The number of hydrogen-bond donors (Lipinski definition) is 1. The molecule has 2 aromatic rings. The van der Waals surface area contributed by atoms with E-state index >= 15 is 0 Å². The molecule has 1 amide bonds. The topological polar surface area (TPSA) is 60.9 Å². The molecule has 15 heavy (non-hydrogen) atoms. The molecule has 1 heterocycles. The van der Waals surface area contributed by atoms with Crippen molar-refractivity contribution in [2.45, 2.75) is 0 Å². The van der Waals surface area contributed by atoms with E-state index in [9.17, 15) is 4.79 Å². The SMILES string of the molecule is Cl.Cl.Cl.NC(=O)n1ncc2ccccc21. The van der Waals surface area contributed by atoms with Crippen LogP contribution in [0.1, 0.15) is 0 Å². The smallest absolute Gasteiger partial charge is 0.340 e. The summed E-state index contributed by atoms with van der Waals surface area (Å²) in [6, 6.07) is 6.84. The standard InChI is InChI=1S/C8H7N3O.3ClH/c9-8(12)11-7-4-2-1-3-6(7)5-10-11;;;/h1-5H,(H2,9,12);3*1H. The molecule has 0 spiro atoms. The number of nitrogens with two attached hydrogens (primary N) is 1. The van der Waals surface area contributed by atoms with E-state index < -0.39 is 6.03 Å². The van der Waals surface area contributed by atoms with Crippen molar-refractivity contribution in [1.82, 2.24) is 9.78 Å². The summed E-state index contributed by atoms with van der Waals surface area (Å²) in [6.07, 6.45) is 1.61. The maximum Gasteiger partial charge on any atom is 0.340 e. The molecule has 1 aromatic heterocycles. The van der Waals surface area contributed by atoms with Crippen LogP contribution < -0.4 is 5.73 Å². The number of carbonyl (C=O) groups excluding carboxylic acids is 1. The van der Waals surface area contributed by atoms with Crippen LogP contribution in [0.3, 0.4) is 0 Å². The Morgan fingerprint density at radius 2 is 1.80 bits per heavy atom. The first-order valence-corrected chi connectivity index (χ1v) is 3.51. The Hall–Kier alpha value is -0.970. The Balaban J connectivity index is 0. The van der Waals surface area contributed by atoms with Crippen molar-refractivity contribution in [2.75, 3.05) is 0 Å². The van der Waals surface area contributed by atoms with Gasteiger partial charge in [0.2, 0.25) is 0 Å². The number of aromatic nitrogens is 2. The van der Waals surface area contributed by atoms with E-state index in [1.165, 1.54) is 4.68 Å². The van der Waals surface area contributed by atoms with Gasteiger partial charge >= 0.3 is 6.03 Å². The van der Waals surface area contributed by atoms with Gasteiger partial charge in [-0.2, -0.15) is 9.78 Å². The van der Waals surface area contributed by atoms with Crippen LogP contribution in [0.25, 0.3) is 10.9 Å². The van der Waals surface area contributed by atoms with E-state index in [1.807, 2.05) is 18.2 Å². The predicted octanol–water partition coefficient (Wildman–Crippen LogP) is 2.23. The third-order valence-corrected chi connectivity index (χ3v) is 1.69. The summed E-state index contributed by atoms with van der Waals surface area (Å²) in [5, 5.41) is 4.75. The van der Waals surface area contributed by atoms with E-state index in [4.69, 9.17) is 5.73 Å². The second-order valence-electron chi connectivity index (χ2n) is 2.45. The van der Waals surface area contributed by atoms with E-state index in [0.29, 0.717) is 0 Å². The van der Waals surface area contributed by atoms with Gasteiger partial charge in [0, 0.05) is 5.39 Å². The maximum atomic E-state index is 10.8. The molecule has 1 aromatic carbocycles. The molecule has 0 saturated heterocycles. The van der Waals surface area contributed by atoms with Gasteiger partial charge in [0.05, 0.1) is 11.7 Å². The van der Waals surface area contributed by atoms with Gasteiger partial charge in [-0.15, -0.1) is 37.2 Å². The number of nitrogens with zero attached hydrogens (tertiary/aromatic N) is 2. The summed E-state index contributed by atoms with van der Waals surface area (Å²) in [5.41, 5.74) is 5.83. The highest BCUT2D eigenvalue weighted by Crippen LogP contribution is 2.11. The molecule has 0 radical (unpaired) electrons. The van der Waals surface area contributed by atoms with Crippen LogP contribution >= 0.6 is 37.2 Å². The van der Waals surface area contributed by atoms with Crippen LogP contribution in [0, 0.1) is 0 Å². The second kappa shape index (κ2) is 6.50. The molecule has 0 saturated carbocycles. The lowest BCUT2D eigenvalue weighted by Crippen LogP contribution is -2.20. The molecule has 4 nitrogen and oxygen atoms in total. The van der Waals surface area contributed by atoms with Gasteiger partial charge < -0.3 is 5.73 Å². The fraction of sp³-hybridized carbons (Fsp3) is 0. The molecular formula is C8H10Cl3N3O. The van der Waals surface area contributed by atoms with Gasteiger partial charge in [-0.3, -0.25) is 0 Å². The van der Waals surface area contributed by atoms with Crippen LogP contribution in [0.5, 0.6) is 0 Å². The molecule has 84 valence electrons. The zero-order valence-electron chi connectivity index (χ0n) is 7.49. The van der Waals surface area contributed by atoms with Crippen molar-refractivity contribution in [3.63, 3.8) is 0 Å². The Morgan fingerprint density at radius 3 is 2.40 bits per heavy atom. The first-order chi connectivity index (χ1) is 5.79. The average molecular weight is 271 g/mol. The molecule has 2 N–H and O–H groups in total. The zero-order valence-corrected chi connectivity index (χ0v) is 9.94. The van der Waals surface area contributed by atoms with Crippen molar-refractivity contribution in [3.05, 3.63) is 30.5 Å². The lowest BCUT2D eigenvalue weighted by atomic mass is 10.3. The average Bonchev–Trinajstić information content (AvgIpc) is 2.47. The van der Waals surface area contributed by atoms with Crippen LogP contribution in [-0.2, 0) is 0 Å². The van der Waals surface area contributed by atoms with Crippen molar-refractivity contribution in [2.24, 2.45) is 5.73 Å². The Labute approximate surface area is 105 Å². The van der Waals surface area contributed by atoms with E-state index in [0.717, 1.165) is 10.9 Å².